The van der Waals surface area contributed by atoms with Crippen molar-refractivity contribution in [2.24, 2.45) is 0 Å². The van der Waals surface area contributed by atoms with Crippen LogP contribution < -0.4 is 0 Å². The van der Waals surface area contributed by atoms with E-state index >= 15 is 0 Å². The Hall–Kier alpha value is -3.68. The molecule has 6 N–H and O–H groups in total. The number of rotatable bonds is 0. The number of nitrogens with one attached hydrogen (secondary N) is 6. The van der Waals surface area contributed by atoms with E-state index in [2.05, 4.69) is 137 Å². The van der Waals surface area contributed by atoms with E-state index < -0.39 is 0 Å². The number of fused-ring (bicyclic) bond motifs is 8. The van der Waals surface area contributed by atoms with Crippen molar-refractivity contribution in [3.8, 4) is 0 Å². The summed E-state index contributed by atoms with van der Waals surface area (Å²) in [5.41, 5.74) is 11.1. The fraction of sp³-hybridized carbons (Fsp3) is 0.500. The van der Waals surface area contributed by atoms with Crippen LogP contribution in [-0.4, -0.2) is 39.9 Å². The summed E-state index contributed by atoms with van der Waals surface area (Å²) >= 11 is 0. The molecule has 0 saturated carbocycles. The summed E-state index contributed by atoms with van der Waals surface area (Å²) < 4.78 is 0. The van der Waals surface area contributed by atoms with Gasteiger partial charge >= 0.3 is 0 Å². The van der Waals surface area contributed by atoms with Gasteiger partial charge in [-0.25, -0.2) is 9.97 Å². The first-order chi connectivity index (χ1) is 18.3. The summed E-state index contributed by atoms with van der Waals surface area (Å²) in [6, 6.07) is 8.63. The lowest BCUT2D eigenvalue weighted by atomic mass is 9.88. The molecular weight excluding hydrogens is 496 g/mol. The molecule has 5 aromatic heterocycles. The van der Waals surface area contributed by atoms with Gasteiger partial charge < -0.3 is 29.9 Å². The lowest BCUT2D eigenvalue weighted by Gasteiger charge is -2.17. The summed E-state index contributed by atoms with van der Waals surface area (Å²) in [5.74, 6) is 0. The van der Waals surface area contributed by atoms with Crippen LogP contribution in [0.15, 0.2) is 24.3 Å². The number of hydrogen-bond acceptors (Lipinski definition) is 2. The monoisotopic (exact) mass is 542 g/mol. The standard InChI is InChI=1S/C32H46N8/c1-29(2,3)17-13-21-33-25(17)37-22-14-18(30(4,5)6)27(34-22)39-24-16-20(32(10,11)12)28(36-24)40-23-15-19(31(7,8)9)26(35-23)38-21/h13-16,33-35,37-38H,1-12H3,(H,36,39,40). The maximum atomic E-state index is 5.09. The van der Waals surface area contributed by atoms with Crippen LogP contribution in [0.1, 0.15) is 105 Å². The van der Waals surface area contributed by atoms with E-state index in [-0.39, 0.29) is 21.7 Å². The Morgan fingerprint density at radius 1 is 0.400 bits per heavy atom. The van der Waals surface area contributed by atoms with Gasteiger partial charge in [0.25, 0.3) is 0 Å². The minimum absolute atomic E-state index is 0.0822. The van der Waals surface area contributed by atoms with E-state index in [1.165, 1.54) is 5.56 Å². The van der Waals surface area contributed by atoms with Crippen molar-refractivity contribution >= 4 is 45.2 Å². The average Bonchev–Trinajstić information content (AvgIpc) is 3.53. The first-order valence-electron chi connectivity index (χ1n) is 14.2. The molecule has 0 unspecified atom stereocenters. The quantitative estimate of drug-likeness (QED) is 0.118. The van der Waals surface area contributed by atoms with E-state index in [0.29, 0.717) is 0 Å². The summed E-state index contributed by atoms with van der Waals surface area (Å²) in [5, 5.41) is 0. The topological polar surface area (TPSA) is 121 Å². The third kappa shape index (κ3) is 5.36. The van der Waals surface area contributed by atoms with Gasteiger partial charge in [0.15, 0.2) is 0 Å². The predicted octanol–water partition coefficient (Wildman–Crippen LogP) is 8.50. The van der Waals surface area contributed by atoms with Crippen molar-refractivity contribution in [1.82, 2.24) is 39.9 Å². The van der Waals surface area contributed by atoms with Crippen LogP contribution in [-0.2, 0) is 21.7 Å². The molecule has 0 radical (unpaired) electrons. The molecule has 0 aromatic carbocycles. The summed E-state index contributed by atoms with van der Waals surface area (Å²) in [4.78, 5) is 31.7. The minimum Gasteiger partial charge on any atom is -0.328 e. The fourth-order valence-electron chi connectivity index (χ4n) is 5.23. The van der Waals surface area contributed by atoms with Gasteiger partial charge in [-0.2, -0.15) is 0 Å². The third-order valence-electron chi connectivity index (χ3n) is 7.42. The van der Waals surface area contributed by atoms with Crippen molar-refractivity contribution in [1.29, 1.82) is 0 Å². The van der Waals surface area contributed by atoms with Crippen molar-refractivity contribution in [3.63, 3.8) is 0 Å². The maximum Gasteiger partial charge on any atom is 0.137 e. The number of nitrogens with zero attached hydrogens (tertiary/aromatic N) is 2. The molecule has 0 saturated heterocycles. The van der Waals surface area contributed by atoms with Crippen LogP contribution in [0.4, 0.5) is 0 Å². The van der Waals surface area contributed by atoms with Crippen LogP contribution in [0.25, 0.3) is 45.2 Å². The predicted molar refractivity (Wildman–Crippen MR) is 168 cm³/mol. The van der Waals surface area contributed by atoms with Crippen molar-refractivity contribution in [2.75, 3.05) is 0 Å². The van der Waals surface area contributed by atoms with Gasteiger partial charge in [0.1, 0.15) is 45.2 Å². The molecule has 8 nitrogen and oxygen atoms in total. The highest BCUT2D eigenvalue weighted by Crippen LogP contribution is 2.32. The molecule has 5 rings (SSSR count). The van der Waals surface area contributed by atoms with Gasteiger partial charge in [-0.3, -0.25) is 0 Å². The van der Waals surface area contributed by atoms with Crippen LogP contribution >= 0.6 is 0 Å². The average molecular weight is 543 g/mol. The summed E-state index contributed by atoms with van der Waals surface area (Å²) in [6.07, 6.45) is 0. The zero-order chi connectivity index (χ0) is 29.4. The molecule has 0 amide bonds. The Kier molecular flexibility index (Phi) is 6.21. The van der Waals surface area contributed by atoms with E-state index in [1.807, 2.05) is 0 Å². The summed E-state index contributed by atoms with van der Waals surface area (Å²) in [7, 11) is 0. The molecule has 40 heavy (non-hydrogen) atoms. The van der Waals surface area contributed by atoms with Crippen LogP contribution in [0.3, 0.4) is 0 Å². The molecule has 5 heterocycles. The minimum atomic E-state index is -0.119. The molecule has 0 spiro atoms. The molecule has 0 aliphatic rings. The molecule has 0 atom stereocenters. The summed E-state index contributed by atoms with van der Waals surface area (Å²) in [6.45, 7) is 26.6. The largest absolute Gasteiger partial charge is 0.328 e. The van der Waals surface area contributed by atoms with E-state index in [4.69, 9.17) is 9.97 Å². The highest BCUT2D eigenvalue weighted by atomic mass is 15.0. The van der Waals surface area contributed by atoms with Crippen LogP contribution in [0.2, 0.25) is 0 Å². The molecule has 8 bridgehead atoms. The van der Waals surface area contributed by atoms with Crippen molar-refractivity contribution < 1.29 is 0 Å². The van der Waals surface area contributed by atoms with Gasteiger partial charge in [0, 0.05) is 22.3 Å². The smallest absolute Gasteiger partial charge is 0.137 e. The third-order valence-corrected chi connectivity index (χ3v) is 7.42. The van der Waals surface area contributed by atoms with Crippen LogP contribution in [0.5, 0.6) is 0 Å². The van der Waals surface area contributed by atoms with Crippen molar-refractivity contribution in [3.05, 3.63) is 46.5 Å². The first kappa shape index (κ1) is 27.9. The highest BCUT2D eigenvalue weighted by Gasteiger charge is 2.23. The Morgan fingerprint density at radius 2 is 0.750 bits per heavy atom. The Labute approximate surface area is 236 Å². The SMILES string of the molecule is CC(C)(C)c1cc2nc3[nH]c(cc3C(C)(C)C)[nH]c3[nH]c(cc3C(C)(C)C)[nH]c3[nH]c(cc3C(C)(C)C)nc1[nH]2. The highest BCUT2D eigenvalue weighted by molar-refractivity contribution is 5.71. The second-order valence-corrected chi connectivity index (χ2v) is 15.3. The fourth-order valence-corrected chi connectivity index (χ4v) is 5.23. The zero-order valence-corrected chi connectivity index (χ0v) is 26.2. The van der Waals surface area contributed by atoms with Crippen LogP contribution in [0, 0.1) is 0 Å². The first-order valence-corrected chi connectivity index (χ1v) is 14.2. The zero-order valence-electron chi connectivity index (χ0n) is 26.2. The number of hydrogen-bond donors (Lipinski definition) is 6. The van der Waals surface area contributed by atoms with E-state index in [1.54, 1.807) is 0 Å². The number of aromatic nitrogens is 8. The second-order valence-electron chi connectivity index (χ2n) is 15.3. The lowest BCUT2D eigenvalue weighted by molar-refractivity contribution is 0.594. The Morgan fingerprint density at radius 3 is 1.27 bits per heavy atom. The van der Waals surface area contributed by atoms with Gasteiger partial charge in [-0.05, 0) is 45.9 Å². The van der Waals surface area contributed by atoms with Gasteiger partial charge in [-0.1, -0.05) is 83.1 Å². The molecule has 5 aromatic rings. The Balaban J connectivity index is 2.02. The molecule has 0 aliphatic carbocycles. The molecule has 0 aliphatic heterocycles. The van der Waals surface area contributed by atoms with E-state index in [9.17, 15) is 0 Å². The normalized spacial score (nSPS) is 13.5. The van der Waals surface area contributed by atoms with Gasteiger partial charge in [0.05, 0.1) is 0 Å². The molecule has 8 heteroatoms. The van der Waals surface area contributed by atoms with E-state index in [0.717, 1.165) is 61.9 Å². The van der Waals surface area contributed by atoms with Gasteiger partial charge in [0.2, 0.25) is 0 Å². The molecular formula is C32H46N8. The lowest BCUT2D eigenvalue weighted by Crippen LogP contribution is -2.10. The van der Waals surface area contributed by atoms with Crippen molar-refractivity contribution in [2.45, 2.75) is 105 Å². The van der Waals surface area contributed by atoms with Gasteiger partial charge in [-0.15, -0.1) is 0 Å². The second kappa shape index (κ2) is 8.91. The Bertz CT molecular complexity index is 1560. The number of H-pyrrole nitrogens is 6. The number of aromatic amines is 6. The maximum absolute atomic E-state index is 5.09. The molecule has 0 fully saturated rings. The molecule has 214 valence electrons.